The number of carbonyl (C=O) groups is 1. The van der Waals surface area contributed by atoms with E-state index in [1.54, 1.807) is 6.08 Å². The largest absolute Gasteiger partial charge is 0.396 e. The normalized spacial score (nSPS) is 14.7. The average molecular weight is 329 g/mol. The molecule has 1 saturated carbocycles. The Bertz CT molecular complexity index is 660. The molecular formula is C13H19N3O3S2. The van der Waals surface area contributed by atoms with Gasteiger partial charge in [-0.05, 0) is 18.8 Å². The first-order chi connectivity index (χ1) is 9.84. The van der Waals surface area contributed by atoms with Crippen molar-refractivity contribution in [2.75, 3.05) is 30.4 Å². The van der Waals surface area contributed by atoms with Gasteiger partial charge in [0.15, 0.2) is 9.84 Å². The van der Waals surface area contributed by atoms with Crippen molar-refractivity contribution in [3.8, 4) is 0 Å². The summed E-state index contributed by atoms with van der Waals surface area (Å²) in [6.45, 7) is 4.52. The van der Waals surface area contributed by atoms with Crippen molar-refractivity contribution in [1.82, 2.24) is 5.32 Å². The summed E-state index contributed by atoms with van der Waals surface area (Å²) in [6, 6.07) is 0. The Labute approximate surface area is 128 Å². The number of carbonyl (C=O) groups excluding carboxylic acids is 1. The first kappa shape index (κ1) is 15.8. The Balaban J connectivity index is 2.33. The number of hydrogen-bond donors (Lipinski definition) is 3. The summed E-state index contributed by atoms with van der Waals surface area (Å²) >= 11 is 1.08. The summed E-state index contributed by atoms with van der Waals surface area (Å²) in [5, 5.41) is 6.17. The van der Waals surface area contributed by atoms with E-state index >= 15 is 0 Å². The first-order valence-corrected chi connectivity index (χ1v) is 9.30. The van der Waals surface area contributed by atoms with Crippen molar-refractivity contribution in [2.24, 2.45) is 5.92 Å². The number of nitrogen functional groups attached to an aromatic ring is 1. The quantitative estimate of drug-likeness (QED) is 0.658. The second-order valence-corrected chi connectivity index (χ2v) is 8.07. The van der Waals surface area contributed by atoms with Crippen LogP contribution in [0.3, 0.4) is 0 Å². The summed E-state index contributed by atoms with van der Waals surface area (Å²) in [7, 11) is -3.50. The van der Waals surface area contributed by atoms with E-state index in [0.29, 0.717) is 24.0 Å². The van der Waals surface area contributed by atoms with Gasteiger partial charge in [-0.2, -0.15) is 0 Å². The molecule has 8 heteroatoms. The van der Waals surface area contributed by atoms with Gasteiger partial charge in [0.1, 0.15) is 14.8 Å². The SMILES string of the molecule is C=CCNC(=O)c1sc(NCC2CC2)c(S(C)(=O)=O)c1N. The van der Waals surface area contributed by atoms with E-state index < -0.39 is 9.84 Å². The van der Waals surface area contributed by atoms with E-state index in [1.165, 1.54) is 0 Å². The number of anilines is 2. The van der Waals surface area contributed by atoms with Crippen LogP contribution in [0.2, 0.25) is 0 Å². The highest BCUT2D eigenvalue weighted by atomic mass is 32.2. The smallest absolute Gasteiger partial charge is 0.263 e. The molecule has 0 saturated heterocycles. The molecule has 1 aromatic rings. The standard InChI is InChI=1S/C13H19N3O3S2/c1-3-6-15-12(17)10-9(14)11(21(2,18)19)13(20-10)16-7-8-4-5-8/h3,8,16H,1,4-7,14H2,2H3,(H,15,17). The minimum absolute atomic E-state index is 0.0161. The van der Waals surface area contributed by atoms with Gasteiger partial charge in [0.05, 0.1) is 5.69 Å². The molecule has 0 aromatic carbocycles. The predicted octanol–water partition coefficient (Wildman–Crippen LogP) is 1.47. The molecule has 1 heterocycles. The van der Waals surface area contributed by atoms with Crippen LogP contribution in [0.5, 0.6) is 0 Å². The van der Waals surface area contributed by atoms with Crippen LogP contribution in [0.15, 0.2) is 17.6 Å². The fraction of sp³-hybridized carbons (Fsp3) is 0.462. The maximum Gasteiger partial charge on any atom is 0.263 e. The molecule has 21 heavy (non-hydrogen) atoms. The lowest BCUT2D eigenvalue weighted by atomic mass is 10.3. The molecule has 0 aliphatic heterocycles. The monoisotopic (exact) mass is 329 g/mol. The Morgan fingerprint density at radius 3 is 2.71 bits per heavy atom. The molecule has 0 radical (unpaired) electrons. The molecular weight excluding hydrogens is 310 g/mol. The van der Waals surface area contributed by atoms with Crippen LogP contribution in [0, 0.1) is 5.92 Å². The highest BCUT2D eigenvalue weighted by molar-refractivity contribution is 7.91. The molecule has 0 bridgehead atoms. The third-order valence-electron chi connectivity index (χ3n) is 3.13. The molecule has 1 aromatic heterocycles. The molecule has 0 unspecified atom stereocenters. The summed E-state index contributed by atoms with van der Waals surface area (Å²) < 4.78 is 23.8. The zero-order valence-corrected chi connectivity index (χ0v) is 13.4. The summed E-state index contributed by atoms with van der Waals surface area (Å²) in [6.07, 6.45) is 4.94. The minimum Gasteiger partial charge on any atom is -0.396 e. The predicted molar refractivity (Wildman–Crippen MR) is 85.6 cm³/mol. The Kier molecular flexibility index (Phi) is 4.58. The molecule has 1 amide bonds. The van der Waals surface area contributed by atoms with Crippen LogP contribution in [0.4, 0.5) is 10.7 Å². The first-order valence-electron chi connectivity index (χ1n) is 6.60. The van der Waals surface area contributed by atoms with Crippen molar-refractivity contribution >= 4 is 37.8 Å². The summed E-state index contributed by atoms with van der Waals surface area (Å²) in [4.78, 5) is 12.3. The van der Waals surface area contributed by atoms with E-state index in [0.717, 1.165) is 30.4 Å². The van der Waals surface area contributed by atoms with Crippen LogP contribution in [-0.2, 0) is 9.84 Å². The number of hydrogen-bond acceptors (Lipinski definition) is 6. The van der Waals surface area contributed by atoms with E-state index in [-0.39, 0.29) is 21.4 Å². The van der Waals surface area contributed by atoms with Gasteiger partial charge >= 0.3 is 0 Å². The Morgan fingerprint density at radius 2 is 2.19 bits per heavy atom. The fourth-order valence-corrected chi connectivity index (χ4v) is 4.38. The number of rotatable bonds is 7. The zero-order valence-electron chi connectivity index (χ0n) is 11.8. The van der Waals surface area contributed by atoms with Crippen molar-refractivity contribution in [3.05, 3.63) is 17.5 Å². The number of amides is 1. The average Bonchev–Trinajstić information content (AvgIpc) is 3.15. The van der Waals surface area contributed by atoms with Gasteiger partial charge in [0.25, 0.3) is 5.91 Å². The number of nitrogens with one attached hydrogen (secondary N) is 2. The van der Waals surface area contributed by atoms with Crippen LogP contribution in [0.1, 0.15) is 22.5 Å². The van der Waals surface area contributed by atoms with Crippen molar-refractivity contribution in [2.45, 2.75) is 17.7 Å². The number of thiophene rings is 1. The third kappa shape index (κ3) is 3.76. The summed E-state index contributed by atoms with van der Waals surface area (Å²) in [5.74, 6) is 0.195. The number of sulfone groups is 1. The van der Waals surface area contributed by atoms with Crippen LogP contribution in [-0.4, -0.2) is 33.7 Å². The van der Waals surface area contributed by atoms with Gasteiger partial charge in [-0.3, -0.25) is 4.79 Å². The highest BCUT2D eigenvalue weighted by Gasteiger charge is 2.28. The van der Waals surface area contributed by atoms with Gasteiger partial charge in [-0.25, -0.2) is 8.42 Å². The van der Waals surface area contributed by atoms with E-state index in [2.05, 4.69) is 17.2 Å². The van der Waals surface area contributed by atoms with Gasteiger partial charge in [-0.15, -0.1) is 17.9 Å². The van der Waals surface area contributed by atoms with E-state index in [9.17, 15) is 13.2 Å². The molecule has 1 aliphatic rings. The lowest BCUT2D eigenvalue weighted by Crippen LogP contribution is -2.23. The molecule has 0 atom stereocenters. The Hall–Kier alpha value is -1.54. The van der Waals surface area contributed by atoms with Crippen molar-refractivity contribution < 1.29 is 13.2 Å². The van der Waals surface area contributed by atoms with Gasteiger partial charge in [0.2, 0.25) is 0 Å². The maximum atomic E-state index is 12.0. The van der Waals surface area contributed by atoms with E-state index in [4.69, 9.17) is 5.73 Å². The minimum atomic E-state index is -3.50. The van der Waals surface area contributed by atoms with Crippen LogP contribution in [0.25, 0.3) is 0 Å². The lowest BCUT2D eigenvalue weighted by molar-refractivity contribution is 0.0963. The third-order valence-corrected chi connectivity index (χ3v) is 5.59. The van der Waals surface area contributed by atoms with Gasteiger partial charge in [-0.1, -0.05) is 6.08 Å². The van der Waals surface area contributed by atoms with Gasteiger partial charge in [0, 0.05) is 19.3 Å². The topological polar surface area (TPSA) is 101 Å². The summed E-state index contributed by atoms with van der Waals surface area (Å²) in [5.41, 5.74) is 5.91. The van der Waals surface area contributed by atoms with Crippen LogP contribution >= 0.6 is 11.3 Å². The van der Waals surface area contributed by atoms with Crippen molar-refractivity contribution in [1.29, 1.82) is 0 Å². The maximum absolute atomic E-state index is 12.0. The second-order valence-electron chi connectivity index (χ2n) is 5.10. The molecule has 116 valence electrons. The molecule has 2 rings (SSSR count). The molecule has 6 nitrogen and oxygen atoms in total. The van der Waals surface area contributed by atoms with E-state index in [1.807, 2.05) is 0 Å². The fourth-order valence-electron chi connectivity index (χ4n) is 1.89. The van der Waals surface area contributed by atoms with Crippen molar-refractivity contribution in [3.63, 3.8) is 0 Å². The lowest BCUT2D eigenvalue weighted by Gasteiger charge is -2.05. The second kappa shape index (κ2) is 6.07. The number of nitrogens with two attached hydrogens (primary N) is 1. The van der Waals surface area contributed by atoms with Crippen LogP contribution < -0.4 is 16.4 Å². The molecule has 1 aliphatic carbocycles. The molecule has 0 spiro atoms. The highest BCUT2D eigenvalue weighted by Crippen LogP contribution is 2.40. The Morgan fingerprint density at radius 1 is 1.52 bits per heavy atom. The molecule has 1 fully saturated rings. The van der Waals surface area contributed by atoms with Gasteiger partial charge < -0.3 is 16.4 Å². The molecule has 4 N–H and O–H groups in total. The zero-order chi connectivity index (χ0) is 15.6.